The quantitative estimate of drug-likeness (QED) is 0.321. The molecule has 0 saturated heterocycles. The van der Waals surface area contributed by atoms with Crippen molar-refractivity contribution < 1.29 is 10.0 Å². The van der Waals surface area contributed by atoms with E-state index in [0.29, 0.717) is 0 Å². The topological polar surface area (TPSA) is 49.7 Å². The number of carbonyl (C=O) groups excluding carboxylic acids is 1. The van der Waals surface area contributed by atoms with Gasteiger partial charge < -0.3 is 5.21 Å². The number of aryl methyl sites for hydroxylation is 2. The zero-order valence-corrected chi connectivity index (χ0v) is 14.8. The van der Waals surface area contributed by atoms with Gasteiger partial charge in [0.25, 0.3) is 0 Å². The number of hydrogen-bond acceptors (Lipinski definition) is 3. The molecule has 110 valence electrons. The second kappa shape index (κ2) is 8.74. The van der Waals surface area contributed by atoms with E-state index in [1.165, 1.54) is 6.21 Å². The summed E-state index contributed by atoms with van der Waals surface area (Å²) in [6.07, 6.45) is 2.25. The monoisotopic (exact) mass is 411 g/mol. The molecule has 0 unspecified atom stereocenters. The van der Waals surface area contributed by atoms with Crippen molar-refractivity contribution in [2.75, 3.05) is 0 Å². The van der Waals surface area contributed by atoms with Crippen molar-refractivity contribution in [2.45, 2.75) is 13.8 Å². The predicted molar refractivity (Wildman–Crippen MR) is 92.5 cm³/mol. The fourth-order valence-corrected chi connectivity index (χ4v) is 2.05. The van der Waals surface area contributed by atoms with E-state index >= 15 is 0 Å². The van der Waals surface area contributed by atoms with Crippen LogP contribution in [0.2, 0.25) is 0 Å². The van der Waals surface area contributed by atoms with Crippen LogP contribution in [-0.4, -0.2) is 17.7 Å². The molecular formula is C16H15Br2NO2. The van der Waals surface area contributed by atoms with E-state index in [-0.39, 0.29) is 0 Å². The number of benzene rings is 2. The SMILES string of the molecule is Cc1cc(C=NO)ccc1Br.Cc1cc(C=O)ccc1Br. The number of nitrogens with zero attached hydrogens (tertiary/aromatic N) is 1. The Morgan fingerprint density at radius 1 is 0.952 bits per heavy atom. The Balaban J connectivity index is 0.000000211. The molecule has 0 heterocycles. The molecule has 1 N–H and O–H groups in total. The summed E-state index contributed by atoms with van der Waals surface area (Å²) in [5.74, 6) is 0. The third-order valence-corrected chi connectivity index (χ3v) is 4.49. The maximum atomic E-state index is 10.3. The molecule has 0 amide bonds. The maximum absolute atomic E-state index is 10.3. The van der Waals surface area contributed by atoms with Gasteiger partial charge in [0.2, 0.25) is 0 Å². The van der Waals surface area contributed by atoms with Crippen molar-refractivity contribution in [3.8, 4) is 0 Å². The zero-order valence-electron chi connectivity index (χ0n) is 11.7. The number of carbonyl (C=O) groups is 1. The average molecular weight is 413 g/mol. The van der Waals surface area contributed by atoms with Crippen LogP contribution in [0.3, 0.4) is 0 Å². The lowest BCUT2D eigenvalue weighted by Gasteiger charge is -1.97. The van der Waals surface area contributed by atoms with Crippen molar-refractivity contribution in [2.24, 2.45) is 5.16 Å². The molecule has 0 radical (unpaired) electrons. The fourth-order valence-electron chi connectivity index (χ4n) is 1.56. The normalized spacial score (nSPS) is 10.1. The van der Waals surface area contributed by atoms with Gasteiger partial charge >= 0.3 is 0 Å². The van der Waals surface area contributed by atoms with Gasteiger partial charge in [-0.3, -0.25) is 4.79 Å². The average Bonchev–Trinajstić information content (AvgIpc) is 2.47. The maximum Gasteiger partial charge on any atom is 0.150 e. The van der Waals surface area contributed by atoms with Crippen molar-refractivity contribution in [3.63, 3.8) is 0 Å². The minimum Gasteiger partial charge on any atom is -0.411 e. The lowest BCUT2D eigenvalue weighted by Crippen LogP contribution is -1.82. The first-order chi connectivity index (χ1) is 9.97. The van der Waals surface area contributed by atoms with E-state index in [1.54, 1.807) is 6.07 Å². The van der Waals surface area contributed by atoms with Crippen LogP contribution in [0.4, 0.5) is 0 Å². The van der Waals surface area contributed by atoms with Gasteiger partial charge in [0, 0.05) is 14.5 Å². The molecule has 0 bridgehead atoms. The van der Waals surface area contributed by atoms with Crippen molar-refractivity contribution in [1.29, 1.82) is 0 Å². The molecule has 3 nitrogen and oxygen atoms in total. The highest BCUT2D eigenvalue weighted by Gasteiger charge is 1.94. The molecule has 0 aromatic heterocycles. The Morgan fingerprint density at radius 2 is 1.43 bits per heavy atom. The summed E-state index contributed by atoms with van der Waals surface area (Å²) < 4.78 is 2.10. The zero-order chi connectivity index (χ0) is 15.8. The molecule has 0 fully saturated rings. The van der Waals surface area contributed by atoms with Crippen molar-refractivity contribution in [1.82, 2.24) is 0 Å². The van der Waals surface area contributed by atoms with Crippen LogP contribution in [0.15, 0.2) is 50.5 Å². The third kappa shape index (κ3) is 5.81. The number of oxime groups is 1. The van der Waals surface area contributed by atoms with Crippen molar-refractivity contribution >= 4 is 44.4 Å². The fraction of sp³-hybridized carbons (Fsp3) is 0.125. The number of aldehydes is 1. The van der Waals surface area contributed by atoms with Crippen LogP contribution in [0.5, 0.6) is 0 Å². The summed E-state index contributed by atoms with van der Waals surface area (Å²) in [6.45, 7) is 3.94. The highest BCUT2D eigenvalue weighted by atomic mass is 79.9. The lowest BCUT2D eigenvalue weighted by atomic mass is 10.2. The third-order valence-electron chi connectivity index (χ3n) is 2.71. The number of rotatable bonds is 2. The Hall–Kier alpha value is -1.46. The first-order valence-electron chi connectivity index (χ1n) is 6.13. The smallest absolute Gasteiger partial charge is 0.150 e. The van der Waals surface area contributed by atoms with Crippen LogP contribution in [-0.2, 0) is 0 Å². The van der Waals surface area contributed by atoms with Gasteiger partial charge in [-0.15, -0.1) is 0 Å². The summed E-state index contributed by atoms with van der Waals surface area (Å²) in [7, 11) is 0. The van der Waals surface area contributed by atoms with Gasteiger partial charge in [-0.05, 0) is 54.8 Å². The molecule has 2 aromatic carbocycles. The molecular weight excluding hydrogens is 398 g/mol. The van der Waals surface area contributed by atoms with Gasteiger partial charge in [0.1, 0.15) is 6.29 Å². The molecule has 21 heavy (non-hydrogen) atoms. The summed E-state index contributed by atoms with van der Waals surface area (Å²) in [5.41, 5.74) is 3.83. The van der Waals surface area contributed by atoms with E-state index in [4.69, 9.17) is 5.21 Å². The van der Waals surface area contributed by atoms with E-state index in [9.17, 15) is 4.79 Å². The molecule has 2 rings (SSSR count). The molecule has 2 aromatic rings. The van der Waals surface area contributed by atoms with Crippen LogP contribution in [0, 0.1) is 13.8 Å². The van der Waals surface area contributed by atoms with Gasteiger partial charge in [0.05, 0.1) is 6.21 Å². The van der Waals surface area contributed by atoms with Crippen LogP contribution < -0.4 is 0 Å². The lowest BCUT2D eigenvalue weighted by molar-refractivity contribution is 0.112. The van der Waals surface area contributed by atoms with E-state index in [1.807, 2.05) is 44.2 Å². The number of halogens is 2. The predicted octanol–water partition coefficient (Wildman–Crippen LogP) is 5.14. The second-order valence-corrected chi connectivity index (χ2v) is 6.09. The van der Waals surface area contributed by atoms with Crippen LogP contribution in [0.25, 0.3) is 0 Å². The Labute approximate surface area is 140 Å². The first-order valence-corrected chi connectivity index (χ1v) is 7.71. The van der Waals surface area contributed by atoms with E-state index in [2.05, 4.69) is 37.0 Å². The molecule has 0 aliphatic rings. The Bertz CT molecular complexity index is 655. The van der Waals surface area contributed by atoms with Crippen LogP contribution >= 0.6 is 31.9 Å². The molecule has 5 heteroatoms. The summed E-state index contributed by atoms with van der Waals surface area (Å²) in [4.78, 5) is 10.3. The molecule has 0 saturated carbocycles. The van der Waals surface area contributed by atoms with E-state index in [0.717, 1.165) is 37.5 Å². The highest BCUT2D eigenvalue weighted by molar-refractivity contribution is 9.10. The van der Waals surface area contributed by atoms with Gasteiger partial charge in [0.15, 0.2) is 0 Å². The number of hydrogen-bond donors (Lipinski definition) is 1. The first kappa shape index (κ1) is 17.6. The van der Waals surface area contributed by atoms with Gasteiger partial charge in [-0.25, -0.2) is 0 Å². The second-order valence-electron chi connectivity index (χ2n) is 4.38. The Morgan fingerprint density at radius 3 is 1.86 bits per heavy atom. The molecule has 0 spiro atoms. The highest BCUT2D eigenvalue weighted by Crippen LogP contribution is 2.16. The van der Waals surface area contributed by atoms with Crippen LogP contribution in [0.1, 0.15) is 27.0 Å². The summed E-state index contributed by atoms with van der Waals surface area (Å²) in [5, 5.41) is 11.2. The largest absolute Gasteiger partial charge is 0.411 e. The summed E-state index contributed by atoms with van der Waals surface area (Å²) in [6, 6.07) is 11.2. The standard InChI is InChI=1S/C8H8BrNO.C8H7BrO/c1-6-4-7(5-10-11)2-3-8(6)9;1-6-4-7(5-10)2-3-8(6)9/h2-5,11H,1H3;2-5H,1H3. The Kier molecular flexibility index (Phi) is 7.32. The molecule has 0 aliphatic carbocycles. The summed E-state index contributed by atoms with van der Waals surface area (Å²) >= 11 is 6.72. The van der Waals surface area contributed by atoms with E-state index < -0.39 is 0 Å². The van der Waals surface area contributed by atoms with Gasteiger partial charge in [-0.1, -0.05) is 49.1 Å². The minimum absolute atomic E-state index is 0.723. The molecule has 0 aliphatic heterocycles. The minimum atomic E-state index is 0.723. The van der Waals surface area contributed by atoms with Crippen molar-refractivity contribution in [3.05, 3.63) is 67.6 Å². The molecule has 0 atom stereocenters. The van der Waals surface area contributed by atoms with Gasteiger partial charge in [-0.2, -0.15) is 0 Å².